The summed E-state index contributed by atoms with van der Waals surface area (Å²) in [7, 11) is 0. The van der Waals surface area contributed by atoms with Crippen LogP contribution in [-0.4, -0.2) is 44.0 Å². The zero-order chi connectivity index (χ0) is 16.7. The molecule has 1 amide bonds. The molecule has 1 unspecified atom stereocenters. The smallest absolute Gasteiger partial charge is 0.257 e. The number of hydrogen-bond donors (Lipinski definition) is 0. The molecule has 4 rings (SSSR count). The lowest BCUT2D eigenvalue weighted by atomic mass is 10.0. The van der Waals surface area contributed by atoms with E-state index in [0.29, 0.717) is 30.5 Å². The molecule has 2 aliphatic rings. The molecule has 3 heterocycles. The molecule has 126 valence electrons. The van der Waals surface area contributed by atoms with E-state index in [9.17, 15) is 4.79 Å². The van der Waals surface area contributed by atoms with Gasteiger partial charge in [-0.25, -0.2) is 9.97 Å². The quantitative estimate of drug-likeness (QED) is 0.857. The number of carbonyl (C=O) groups is 1. The zero-order valence-electron chi connectivity index (χ0n) is 14.0. The van der Waals surface area contributed by atoms with Crippen LogP contribution in [0.1, 0.15) is 78.6 Å². The van der Waals surface area contributed by atoms with Gasteiger partial charge in [-0.05, 0) is 25.2 Å². The van der Waals surface area contributed by atoms with Gasteiger partial charge in [0.15, 0.2) is 5.82 Å². The Labute approximate surface area is 140 Å². The molecule has 7 nitrogen and oxygen atoms in total. The van der Waals surface area contributed by atoms with Crippen molar-refractivity contribution in [1.29, 1.82) is 0 Å². The Kier molecular flexibility index (Phi) is 3.78. The number of aromatic nitrogens is 4. The van der Waals surface area contributed by atoms with Crippen molar-refractivity contribution in [2.24, 2.45) is 0 Å². The Morgan fingerprint density at radius 1 is 1.29 bits per heavy atom. The van der Waals surface area contributed by atoms with Crippen LogP contribution in [0.2, 0.25) is 0 Å². The Hall–Kier alpha value is -2.31. The maximum absolute atomic E-state index is 12.9. The molecule has 24 heavy (non-hydrogen) atoms. The van der Waals surface area contributed by atoms with Crippen LogP contribution in [-0.2, 0) is 0 Å². The van der Waals surface area contributed by atoms with E-state index in [1.54, 1.807) is 6.20 Å². The van der Waals surface area contributed by atoms with Crippen LogP contribution >= 0.6 is 0 Å². The van der Waals surface area contributed by atoms with Crippen LogP contribution in [0.3, 0.4) is 0 Å². The predicted molar refractivity (Wildman–Crippen MR) is 85.7 cm³/mol. The highest BCUT2D eigenvalue weighted by Gasteiger charge is 2.35. The van der Waals surface area contributed by atoms with Crippen molar-refractivity contribution in [2.45, 2.75) is 50.9 Å². The van der Waals surface area contributed by atoms with Gasteiger partial charge in [0, 0.05) is 25.2 Å². The van der Waals surface area contributed by atoms with E-state index in [2.05, 4.69) is 20.1 Å². The molecule has 7 heteroatoms. The fourth-order valence-electron chi connectivity index (χ4n) is 3.20. The normalized spacial score (nSPS) is 20.8. The van der Waals surface area contributed by atoms with Gasteiger partial charge >= 0.3 is 0 Å². The summed E-state index contributed by atoms with van der Waals surface area (Å²) in [6.07, 6.45) is 6.27. The van der Waals surface area contributed by atoms with Crippen molar-refractivity contribution < 1.29 is 9.32 Å². The number of carbonyl (C=O) groups excluding carboxylic acids is 1. The second kappa shape index (κ2) is 5.96. The molecule has 1 saturated heterocycles. The third-order valence-corrected chi connectivity index (χ3v) is 4.75. The van der Waals surface area contributed by atoms with Gasteiger partial charge in [0.25, 0.3) is 5.91 Å². The molecule has 0 bridgehead atoms. The minimum Gasteiger partial charge on any atom is -0.339 e. The summed E-state index contributed by atoms with van der Waals surface area (Å²) in [5.74, 6) is 2.28. The van der Waals surface area contributed by atoms with Crippen LogP contribution in [0.4, 0.5) is 0 Å². The lowest BCUT2D eigenvalue weighted by Crippen LogP contribution is -2.30. The summed E-state index contributed by atoms with van der Waals surface area (Å²) in [5, 5.41) is 4.08. The molecule has 2 fully saturated rings. The standard InChI is InChI=1S/C17H21N5O2/c1-10(2)14-13(7-18-9-19-14)17(23)22-6-5-12(8-22)16-20-15(21-24-16)11-3-4-11/h7,9-12H,3-6,8H2,1-2H3. The van der Waals surface area contributed by atoms with Crippen molar-refractivity contribution in [3.63, 3.8) is 0 Å². The van der Waals surface area contributed by atoms with Gasteiger partial charge in [-0.3, -0.25) is 4.79 Å². The van der Waals surface area contributed by atoms with Crippen molar-refractivity contribution in [3.05, 3.63) is 35.5 Å². The maximum atomic E-state index is 12.9. The number of likely N-dealkylation sites (tertiary alicyclic amines) is 1. The lowest BCUT2D eigenvalue weighted by Gasteiger charge is -2.18. The van der Waals surface area contributed by atoms with Gasteiger partial charge in [0.05, 0.1) is 17.2 Å². The molecule has 1 aliphatic heterocycles. The van der Waals surface area contributed by atoms with E-state index in [1.165, 1.54) is 6.33 Å². The Bertz CT molecular complexity index is 753. The highest BCUT2D eigenvalue weighted by molar-refractivity contribution is 5.95. The van der Waals surface area contributed by atoms with Gasteiger partial charge in [-0.2, -0.15) is 4.98 Å². The predicted octanol–water partition coefficient (Wildman–Crippen LogP) is 2.49. The van der Waals surface area contributed by atoms with E-state index < -0.39 is 0 Å². The number of nitrogens with zero attached hydrogens (tertiary/aromatic N) is 5. The Morgan fingerprint density at radius 3 is 2.88 bits per heavy atom. The van der Waals surface area contributed by atoms with Gasteiger partial charge < -0.3 is 9.42 Å². The molecule has 0 spiro atoms. The number of hydrogen-bond acceptors (Lipinski definition) is 6. The minimum absolute atomic E-state index is 0.0104. The summed E-state index contributed by atoms with van der Waals surface area (Å²) in [6, 6.07) is 0. The second-order valence-corrected chi connectivity index (χ2v) is 6.98. The molecular formula is C17H21N5O2. The highest BCUT2D eigenvalue weighted by atomic mass is 16.5. The fourth-order valence-corrected chi connectivity index (χ4v) is 3.20. The van der Waals surface area contributed by atoms with Crippen molar-refractivity contribution in [1.82, 2.24) is 25.0 Å². The van der Waals surface area contributed by atoms with Crippen molar-refractivity contribution >= 4 is 5.91 Å². The highest BCUT2D eigenvalue weighted by Crippen LogP contribution is 2.39. The molecule has 1 aliphatic carbocycles. The van der Waals surface area contributed by atoms with Gasteiger partial charge in [0.2, 0.25) is 5.89 Å². The van der Waals surface area contributed by atoms with Crippen molar-refractivity contribution in [2.75, 3.05) is 13.1 Å². The van der Waals surface area contributed by atoms with Crippen LogP contribution in [0.25, 0.3) is 0 Å². The largest absolute Gasteiger partial charge is 0.339 e. The van der Waals surface area contributed by atoms with Crippen LogP contribution in [0.15, 0.2) is 17.0 Å². The monoisotopic (exact) mass is 327 g/mol. The van der Waals surface area contributed by atoms with E-state index in [-0.39, 0.29) is 17.7 Å². The molecule has 0 radical (unpaired) electrons. The number of rotatable bonds is 4. The first kappa shape index (κ1) is 15.2. The third kappa shape index (κ3) is 2.79. The SMILES string of the molecule is CC(C)c1ncncc1C(=O)N1CCC(c2nc(C3CC3)no2)C1. The van der Waals surface area contributed by atoms with Gasteiger partial charge in [-0.1, -0.05) is 19.0 Å². The van der Waals surface area contributed by atoms with Crippen LogP contribution in [0, 0.1) is 0 Å². The lowest BCUT2D eigenvalue weighted by molar-refractivity contribution is 0.0787. The summed E-state index contributed by atoms with van der Waals surface area (Å²) in [6.45, 7) is 5.36. The maximum Gasteiger partial charge on any atom is 0.257 e. The number of amides is 1. The molecule has 2 aromatic rings. The molecule has 0 N–H and O–H groups in total. The third-order valence-electron chi connectivity index (χ3n) is 4.75. The van der Waals surface area contributed by atoms with E-state index in [0.717, 1.165) is 30.8 Å². The van der Waals surface area contributed by atoms with Crippen molar-refractivity contribution in [3.8, 4) is 0 Å². The molecule has 1 saturated carbocycles. The van der Waals surface area contributed by atoms with E-state index >= 15 is 0 Å². The van der Waals surface area contributed by atoms with Crippen LogP contribution in [0.5, 0.6) is 0 Å². The van der Waals surface area contributed by atoms with E-state index in [4.69, 9.17) is 4.52 Å². The Balaban J connectivity index is 1.49. The summed E-state index contributed by atoms with van der Waals surface area (Å²) < 4.78 is 5.42. The summed E-state index contributed by atoms with van der Waals surface area (Å²) in [5.41, 5.74) is 1.39. The topological polar surface area (TPSA) is 85.0 Å². The Morgan fingerprint density at radius 2 is 2.12 bits per heavy atom. The first-order valence-corrected chi connectivity index (χ1v) is 8.56. The first-order chi connectivity index (χ1) is 11.6. The molecular weight excluding hydrogens is 306 g/mol. The minimum atomic E-state index is -0.0104. The van der Waals surface area contributed by atoms with E-state index in [1.807, 2.05) is 18.7 Å². The second-order valence-electron chi connectivity index (χ2n) is 6.98. The molecule has 1 atom stereocenters. The average molecular weight is 327 g/mol. The fraction of sp³-hybridized carbons (Fsp3) is 0.588. The van der Waals surface area contributed by atoms with Gasteiger partial charge in [0.1, 0.15) is 6.33 Å². The first-order valence-electron chi connectivity index (χ1n) is 8.56. The molecule has 0 aromatic carbocycles. The van der Waals surface area contributed by atoms with Crippen LogP contribution < -0.4 is 0 Å². The van der Waals surface area contributed by atoms with Gasteiger partial charge in [-0.15, -0.1) is 0 Å². The summed E-state index contributed by atoms with van der Waals surface area (Å²) in [4.78, 5) is 27.5. The average Bonchev–Trinajstić information content (AvgIpc) is 3.12. The molecule has 2 aromatic heterocycles. The zero-order valence-corrected chi connectivity index (χ0v) is 14.0. The summed E-state index contributed by atoms with van der Waals surface area (Å²) >= 11 is 0.